The van der Waals surface area contributed by atoms with E-state index in [0.29, 0.717) is 11.7 Å². The average Bonchev–Trinajstić information content (AvgIpc) is 2.30. The minimum atomic E-state index is -0.179. The molecule has 0 unspecified atom stereocenters. The Morgan fingerprint density at radius 1 is 1.12 bits per heavy atom. The van der Waals surface area contributed by atoms with E-state index in [1.165, 1.54) is 17.7 Å². The van der Waals surface area contributed by atoms with E-state index in [0.717, 1.165) is 25.7 Å². The molecule has 1 nitrogen and oxygen atoms in total. The lowest BCUT2D eigenvalue weighted by molar-refractivity contribution is -0.121. The maximum absolute atomic E-state index is 12.8. The zero-order valence-corrected chi connectivity index (χ0v) is 9.58. The number of hydrogen-bond donors (Lipinski definition) is 0. The van der Waals surface area contributed by atoms with Crippen LogP contribution in [0.25, 0.3) is 0 Å². The van der Waals surface area contributed by atoms with Crippen molar-refractivity contribution in [2.75, 3.05) is 0 Å². The van der Waals surface area contributed by atoms with Crippen molar-refractivity contribution in [3.63, 3.8) is 0 Å². The summed E-state index contributed by atoms with van der Waals surface area (Å²) in [6.07, 6.45) is 4.07. The predicted molar refractivity (Wildman–Crippen MR) is 61.8 cm³/mol. The molecule has 0 spiro atoms. The summed E-state index contributed by atoms with van der Waals surface area (Å²) in [5.41, 5.74) is 1.21. The van der Waals surface area contributed by atoms with E-state index in [-0.39, 0.29) is 11.7 Å². The van der Waals surface area contributed by atoms with Gasteiger partial charge in [-0.1, -0.05) is 12.1 Å². The van der Waals surface area contributed by atoms with Gasteiger partial charge in [0, 0.05) is 5.92 Å². The van der Waals surface area contributed by atoms with Crippen molar-refractivity contribution in [2.45, 2.75) is 38.5 Å². The molecule has 0 aliphatic heterocycles. The predicted octanol–water partition coefficient (Wildman–Crippen LogP) is 3.69. The van der Waals surface area contributed by atoms with Crippen molar-refractivity contribution in [1.29, 1.82) is 0 Å². The first kappa shape index (κ1) is 11.3. The normalized spacial score (nSPS) is 25.4. The van der Waals surface area contributed by atoms with Gasteiger partial charge in [0.05, 0.1) is 0 Å². The highest BCUT2D eigenvalue weighted by Gasteiger charge is 2.24. The topological polar surface area (TPSA) is 17.1 Å². The number of Topliss-reactive ketones (excluding diaryl/α,β-unsaturated/α-hetero) is 1. The molecule has 1 aliphatic carbocycles. The van der Waals surface area contributed by atoms with Gasteiger partial charge in [0.2, 0.25) is 0 Å². The van der Waals surface area contributed by atoms with Crippen LogP contribution in [0.1, 0.15) is 44.1 Å². The van der Waals surface area contributed by atoms with E-state index in [4.69, 9.17) is 0 Å². The minimum Gasteiger partial charge on any atom is -0.300 e. The largest absolute Gasteiger partial charge is 0.300 e. The van der Waals surface area contributed by atoms with Gasteiger partial charge in [0.15, 0.2) is 0 Å². The molecule has 0 amide bonds. The lowest BCUT2D eigenvalue weighted by atomic mass is 9.77. The second-order valence-electron chi connectivity index (χ2n) is 4.71. The van der Waals surface area contributed by atoms with E-state index in [2.05, 4.69) is 0 Å². The zero-order chi connectivity index (χ0) is 11.5. The third kappa shape index (κ3) is 2.49. The SMILES string of the molecule is CC(=O)[C@H]1CC[C@H](c2ccc(F)cc2)CC1. The number of halogens is 1. The van der Waals surface area contributed by atoms with Gasteiger partial charge in [-0.3, -0.25) is 4.79 Å². The van der Waals surface area contributed by atoms with E-state index in [1.54, 1.807) is 6.92 Å². The molecule has 0 radical (unpaired) electrons. The van der Waals surface area contributed by atoms with Gasteiger partial charge in [0.1, 0.15) is 11.6 Å². The zero-order valence-electron chi connectivity index (χ0n) is 9.58. The van der Waals surface area contributed by atoms with Gasteiger partial charge in [-0.15, -0.1) is 0 Å². The Hall–Kier alpha value is -1.18. The maximum Gasteiger partial charge on any atom is 0.132 e. The number of carbonyl (C=O) groups excluding carboxylic acids is 1. The smallest absolute Gasteiger partial charge is 0.132 e. The Morgan fingerprint density at radius 2 is 1.69 bits per heavy atom. The summed E-state index contributed by atoms with van der Waals surface area (Å²) in [4.78, 5) is 11.2. The number of benzene rings is 1. The van der Waals surface area contributed by atoms with Crippen molar-refractivity contribution in [1.82, 2.24) is 0 Å². The van der Waals surface area contributed by atoms with Crippen molar-refractivity contribution in [3.8, 4) is 0 Å². The summed E-state index contributed by atoms with van der Waals surface area (Å²) in [6, 6.07) is 6.78. The molecule has 1 aliphatic rings. The molecule has 0 saturated heterocycles. The molecule has 0 bridgehead atoms. The Bertz CT molecular complexity index is 361. The molecular weight excluding hydrogens is 203 g/mol. The van der Waals surface area contributed by atoms with Gasteiger partial charge < -0.3 is 0 Å². The first-order valence-electron chi connectivity index (χ1n) is 5.92. The molecule has 0 aromatic heterocycles. The molecule has 0 heterocycles. The van der Waals surface area contributed by atoms with Crippen molar-refractivity contribution < 1.29 is 9.18 Å². The van der Waals surface area contributed by atoms with Crippen molar-refractivity contribution in [3.05, 3.63) is 35.6 Å². The Labute approximate surface area is 95.7 Å². The van der Waals surface area contributed by atoms with Crippen LogP contribution < -0.4 is 0 Å². The van der Waals surface area contributed by atoms with E-state index < -0.39 is 0 Å². The fraction of sp³-hybridized carbons (Fsp3) is 0.500. The van der Waals surface area contributed by atoms with E-state index in [1.807, 2.05) is 12.1 Å². The van der Waals surface area contributed by atoms with Crippen LogP contribution in [0, 0.1) is 11.7 Å². The number of carbonyl (C=O) groups is 1. The van der Waals surface area contributed by atoms with Crippen LogP contribution in [0.5, 0.6) is 0 Å². The first-order valence-corrected chi connectivity index (χ1v) is 5.92. The molecule has 0 N–H and O–H groups in total. The lowest BCUT2D eigenvalue weighted by Gasteiger charge is -2.27. The third-order valence-electron chi connectivity index (χ3n) is 3.64. The molecular formula is C14H17FO. The van der Waals surface area contributed by atoms with Crippen LogP contribution in [0.2, 0.25) is 0 Å². The van der Waals surface area contributed by atoms with Gasteiger partial charge in [0.25, 0.3) is 0 Å². The Balaban J connectivity index is 1.99. The second-order valence-corrected chi connectivity index (χ2v) is 4.71. The summed E-state index contributed by atoms with van der Waals surface area (Å²) in [5, 5.41) is 0. The number of rotatable bonds is 2. The number of hydrogen-bond acceptors (Lipinski definition) is 1. The standard InChI is InChI=1S/C14H17FO/c1-10(16)11-2-4-12(5-3-11)13-6-8-14(15)9-7-13/h6-9,11-12H,2-5H2,1H3/t11-,12-. The highest BCUT2D eigenvalue weighted by molar-refractivity contribution is 5.78. The molecule has 2 heteroatoms. The highest BCUT2D eigenvalue weighted by atomic mass is 19.1. The van der Waals surface area contributed by atoms with Crippen LogP contribution >= 0.6 is 0 Å². The lowest BCUT2D eigenvalue weighted by Crippen LogP contribution is -2.18. The van der Waals surface area contributed by atoms with Gasteiger partial charge >= 0.3 is 0 Å². The summed E-state index contributed by atoms with van der Waals surface area (Å²) >= 11 is 0. The van der Waals surface area contributed by atoms with Gasteiger partial charge in [-0.05, 0) is 56.2 Å². The van der Waals surface area contributed by atoms with E-state index in [9.17, 15) is 9.18 Å². The molecule has 1 fully saturated rings. The molecule has 2 rings (SSSR count). The fourth-order valence-electron chi connectivity index (χ4n) is 2.57. The fourth-order valence-corrected chi connectivity index (χ4v) is 2.57. The summed E-state index contributed by atoms with van der Waals surface area (Å²) in [5.74, 6) is 0.909. The first-order chi connectivity index (χ1) is 7.66. The van der Waals surface area contributed by atoms with Gasteiger partial charge in [-0.2, -0.15) is 0 Å². The minimum absolute atomic E-state index is 0.179. The molecule has 86 valence electrons. The summed E-state index contributed by atoms with van der Waals surface area (Å²) in [6.45, 7) is 1.68. The van der Waals surface area contributed by atoms with Crippen molar-refractivity contribution >= 4 is 5.78 Å². The average molecular weight is 220 g/mol. The van der Waals surface area contributed by atoms with Crippen LogP contribution in [0.15, 0.2) is 24.3 Å². The Morgan fingerprint density at radius 3 is 2.19 bits per heavy atom. The molecule has 1 aromatic rings. The van der Waals surface area contributed by atoms with Gasteiger partial charge in [-0.25, -0.2) is 4.39 Å². The van der Waals surface area contributed by atoms with Crippen molar-refractivity contribution in [2.24, 2.45) is 5.92 Å². The Kier molecular flexibility index (Phi) is 3.37. The van der Waals surface area contributed by atoms with Crippen LogP contribution in [0.4, 0.5) is 4.39 Å². The monoisotopic (exact) mass is 220 g/mol. The number of ketones is 1. The third-order valence-corrected chi connectivity index (χ3v) is 3.64. The molecule has 0 atom stereocenters. The van der Waals surface area contributed by atoms with Crippen LogP contribution in [0.3, 0.4) is 0 Å². The highest BCUT2D eigenvalue weighted by Crippen LogP contribution is 2.35. The van der Waals surface area contributed by atoms with Crippen LogP contribution in [-0.2, 0) is 4.79 Å². The summed E-state index contributed by atoms with van der Waals surface area (Å²) in [7, 11) is 0. The molecule has 16 heavy (non-hydrogen) atoms. The molecule has 1 aromatic carbocycles. The quantitative estimate of drug-likeness (QED) is 0.743. The second kappa shape index (κ2) is 4.77. The summed E-state index contributed by atoms with van der Waals surface area (Å²) < 4.78 is 12.8. The maximum atomic E-state index is 12.8. The van der Waals surface area contributed by atoms with Crippen LogP contribution in [-0.4, -0.2) is 5.78 Å². The molecule has 1 saturated carbocycles. The van der Waals surface area contributed by atoms with E-state index >= 15 is 0 Å².